The molecule has 0 saturated carbocycles. The first-order valence-corrected chi connectivity index (χ1v) is 9.99. The fourth-order valence-corrected chi connectivity index (χ4v) is 3.89. The van der Waals surface area contributed by atoms with E-state index in [2.05, 4.69) is 15.3 Å². The number of rotatable bonds is 6. The molecule has 0 radical (unpaired) electrons. The third-order valence-corrected chi connectivity index (χ3v) is 5.47. The van der Waals surface area contributed by atoms with Crippen molar-refractivity contribution < 1.29 is 14.5 Å². The molecule has 0 aliphatic carbocycles. The second-order valence-corrected chi connectivity index (χ2v) is 7.40. The highest BCUT2D eigenvalue weighted by Crippen LogP contribution is 2.40. The zero-order valence-electron chi connectivity index (χ0n) is 16.3. The summed E-state index contributed by atoms with van der Waals surface area (Å²) in [6, 6.07) is 18.7. The summed E-state index contributed by atoms with van der Waals surface area (Å²) in [5.41, 5.74) is 2.46. The fourth-order valence-electron chi connectivity index (χ4n) is 2.91. The molecule has 0 spiro atoms. The van der Waals surface area contributed by atoms with Crippen molar-refractivity contribution in [3.8, 4) is 27.4 Å². The Kier molecular flexibility index (Phi) is 5.67. The molecule has 4 aromatic rings. The fraction of sp³-hybridized carbons (Fsp3) is 0.0455. The van der Waals surface area contributed by atoms with Crippen LogP contribution >= 0.6 is 11.3 Å². The number of thiazole rings is 1. The van der Waals surface area contributed by atoms with Crippen LogP contribution in [0.15, 0.2) is 72.9 Å². The Morgan fingerprint density at radius 1 is 1.03 bits per heavy atom. The molecule has 2 heterocycles. The first-order chi connectivity index (χ1) is 15.0. The molecule has 2 aromatic carbocycles. The van der Waals surface area contributed by atoms with Crippen molar-refractivity contribution in [1.82, 2.24) is 9.97 Å². The van der Waals surface area contributed by atoms with Gasteiger partial charge in [0.2, 0.25) is 0 Å². The molecule has 0 bridgehead atoms. The van der Waals surface area contributed by atoms with Gasteiger partial charge in [0, 0.05) is 23.9 Å². The number of amides is 1. The number of nitro groups is 1. The first-order valence-electron chi connectivity index (χ1n) is 9.17. The monoisotopic (exact) mass is 432 g/mol. The highest BCUT2D eigenvalue weighted by atomic mass is 32.1. The van der Waals surface area contributed by atoms with E-state index in [1.54, 1.807) is 43.6 Å². The van der Waals surface area contributed by atoms with Crippen molar-refractivity contribution in [2.75, 3.05) is 12.4 Å². The highest BCUT2D eigenvalue weighted by molar-refractivity contribution is 7.19. The third-order valence-electron chi connectivity index (χ3n) is 4.45. The van der Waals surface area contributed by atoms with Crippen LogP contribution in [-0.4, -0.2) is 27.9 Å². The van der Waals surface area contributed by atoms with Crippen LogP contribution in [0.2, 0.25) is 0 Å². The van der Waals surface area contributed by atoms with Gasteiger partial charge < -0.3 is 4.74 Å². The van der Waals surface area contributed by atoms with E-state index in [0.717, 1.165) is 10.4 Å². The number of methoxy groups -OCH3 is 1. The summed E-state index contributed by atoms with van der Waals surface area (Å²) in [6.07, 6.45) is 1.54. The van der Waals surface area contributed by atoms with E-state index in [1.807, 2.05) is 24.3 Å². The van der Waals surface area contributed by atoms with E-state index in [9.17, 15) is 14.9 Å². The second-order valence-electron chi connectivity index (χ2n) is 6.40. The number of pyridine rings is 1. The number of aromatic nitrogens is 2. The lowest BCUT2D eigenvalue weighted by atomic mass is 10.1. The minimum absolute atomic E-state index is 0.00587. The molecule has 8 nitrogen and oxygen atoms in total. The van der Waals surface area contributed by atoms with E-state index in [4.69, 9.17) is 4.74 Å². The summed E-state index contributed by atoms with van der Waals surface area (Å²) in [4.78, 5) is 32.5. The van der Waals surface area contributed by atoms with Crippen LogP contribution in [0.5, 0.6) is 5.75 Å². The molecular formula is C22H16N4O4S. The van der Waals surface area contributed by atoms with Gasteiger partial charge in [-0.3, -0.25) is 25.2 Å². The van der Waals surface area contributed by atoms with Gasteiger partial charge in [0.15, 0.2) is 5.13 Å². The summed E-state index contributed by atoms with van der Waals surface area (Å²) in [7, 11) is 1.59. The van der Waals surface area contributed by atoms with Crippen molar-refractivity contribution >= 4 is 28.1 Å². The van der Waals surface area contributed by atoms with E-state index < -0.39 is 4.92 Å². The third kappa shape index (κ3) is 4.41. The van der Waals surface area contributed by atoms with E-state index in [0.29, 0.717) is 22.1 Å². The highest BCUT2D eigenvalue weighted by Gasteiger charge is 2.18. The molecule has 0 aliphatic heterocycles. The van der Waals surface area contributed by atoms with Crippen molar-refractivity contribution in [2.45, 2.75) is 0 Å². The quantitative estimate of drug-likeness (QED) is 0.338. The summed E-state index contributed by atoms with van der Waals surface area (Å²) in [5.74, 6) is 0.347. The van der Waals surface area contributed by atoms with Crippen LogP contribution in [0.4, 0.5) is 10.8 Å². The maximum atomic E-state index is 12.5. The molecule has 154 valence electrons. The average Bonchev–Trinajstić information content (AvgIpc) is 3.23. The lowest BCUT2D eigenvalue weighted by molar-refractivity contribution is -0.384. The number of nitrogens with zero attached hydrogens (tertiary/aromatic N) is 3. The molecular weight excluding hydrogens is 416 g/mol. The molecule has 2 aromatic heterocycles. The van der Waals surface area contributed by atoms with Crippen LogP contribution in [0.1, 0.15) is 10.5 Å². The summed E-state index contributed by atoms with van der Waals surface area (Å²) in [5, 5.41) is 14.2. The van der Waals surface area contributed by atoms with Gasteiger partial charge in [-0.15, -0.1) is 0 Å². The maximum Gasteiger partial charge on any atom is 0.276 e. The Bertz CT molecular complexity index is 1220. The number of hydrogen-bond acceptors (Lipinski definition) is 7. The van der Waals surface area contributed by atoms with Gasteiger partial charge in [0.1, 0.15) is 11.4 Å². The second kappa shape index (κ2) is 8.72. The molecule has 0 atom stereocenters. The molecule has 0 unspecified atom stereocenters. The van der Waals surface area contributed by atoms with Gasteiger partial charge in [-0.25, -0.2) is 4.98 Å². The van der Waals surface area contributed by atoms with E-state index in [1.165, 1.54) is 23.5 Å². The van der Waals surface area contributed by atoms with Gasteiger partial charge in [0.05, 0.1) is 22.6 Å². The van der Waals surface area contributed by atoms with Gasteiger partial charge >= 0.3 is 0 Å². The molecule has 0 aliphatic rings. The van der Waals surface area contributed by atoms with Crippen molar-refractivity contribution in [3.05, 3.63) is 88.7 Å². The SMILES string of the molecule is COc1ccc(-c2sc(NC(=O)c3ccccn3)nc2-c2ccc([N+](=O)[O-])cc2)cc1. The van der Waals surface area contributed by atoms with Gasteiger partial charge in [-0.05, 0) is 54.1 Å². The number of anilines is 1. The number of benzene rings is 2. The summed E-state index contributed by atoms with van der Waals surface area (Å²) >= 11 is 1.31. The largest absolute Gasteiger partial charge is 0.497 e. The number of nitrogens with one attached hydrogen (secondary N) is 1. The number of nitro benzene ring substituents is 1. The summed E-state index contributed by atoms with van der Waals surface area (Å²) < 4.78 is 5.22. The zero-order valence-corrected chi connectivity index (χ0v) is 17.1. The number of non-ortho nitro benzene ring substituents is 1. The lowest BCUT2D eigenvalue weighted by Crippen LogP contribution is -2.13. The van der Waals surface area contributed by atoms with Gasteiger partial charge in [0.25, 0.3) is 11.6 Å². The van der Waals surface area contributed by atoms with Crippen molar-refractivity contribution in [1.29, 1.82) is 0 Å². The Morgan fingerprint density at radius 2 is 1.74 bits per heavy atom. The van der Waals surface area contributed by atoms with Crippen LogP contribution in [-0.2, 0) is 0 Å². The predicted molar refractivity (Wildman–Crippen MR) is 118 cm³/mol. The van der Waals surface area contributed by atoms with E-state index >= 15 is 0 Å². The smallest absolute Gasteiger partial charge is 0.276 e. The zero-order chi connectivity index (χ0) is 21.8. The van der Waals surface area contributed by atoms with E-state index in [-0.39, 0.29) is 17.3 Å². The molecule has 0 fully saturated rings. The summed E-state index contributed by atoms with van der Waals surface area (Å²) in [6.45, 7) is 0. The standard InChI is InChI=1S/C22H16N4O4S/c1-30-17-11-7-15(8-12-17)20-19(14-5-9-16(10-6-14)26(28)29)24-22(31-20)25-21(27)18-4-2-3-13-23-18/h2-13H,1H3,(H,24,25,27). The van der Waals surface area contributed by atoms with Gasteiger partial charge in [-0.2, -0.15) is 0 Å². The molecule has 31 heavy (non-hydrogen) atoms. The van der Waals surface area contributed by atoms with Crippen LogP contribution in [0.25, 0.3) is 21.7 Å². The Labute approximate surface area is 181 Å². The predicted octanol–water partition coefficient (Wildman–Crippen LogP) is 5.04. The van der Waals surface area contributed by atoms with Crippen LogP contribution < -0.4 is 10.1 Å². The Hall–Kier alpha value is -4.11. The van der Waals surface area contributed by atoms with Crippen molar-refractivity contribution in [2.24, 2.45) is 0 Å². The average molecular weight is 432 g/mol. The first kappa shape index (κ1) is 20.2. The molecule has 1 amide bonds. The molecule has 1 N–H and O–H groups in total. The lowest BCUT2D eigenvalue weighted by Gasteiger charge is -2.04. The molecule has 4 rings (SSSR count). The van der Waals surface area contributed by atoms with Crippen LogP contribution in [0, 0.1) is 10.1 Å². The van der Waals surface area contributed by atoms with Crippen LogP contribution in [0.3, 0.4) is 0 Å². The number of ether oxygens (including phenoxy) is 1. The minimum Gasteiger partial charge on any atom is -0.497 e. The van der Waals surface area contributed by atoms with Crippen molar-refractivity contribution in [3.63, 3.8) is 0 Å². The molecule has 0 saturated heterocycles. The van der Waals surface area contributed by atoms with Gasteiger partial charge in [-0.1, -0.05) is 17.4 Å². The Morgan fingerprint density at radius 3 is 2.35 bits per heavy atom. The maximum absolute atomic E-state index is 12.5. The topological polar surface area (TPSA) is 107 Å². The molecule has 9 heteroatoms. The number of carbonyl (C=O) groups excluding carboxylic acids is 1. The normalized spacial score (nSPS) is 10.5. The minimum atomic E-state index is -0.451. The number of carbonyl (C=O) groups is 1. The number of hydrogen-bond donors (Lipinski definition) is 1. The Balaban J connectivity index is 1.74.